The number of nitrogens with two attached hydrogens (primary N) is 1. The van der Waals surface area contributed by atoms with Gasteiger partial charge in [-0.15, -0.1) is 0 Å². The van der Waals surface area contributed by atoms with Gasteiger partial charge in [0.15, 0.2) is 0 Å². The second-order valence-electron chi connectivity index (χ2n) is 5.51. The van der Waals surface area contributed by atoms with Gasteiger partial charge in [0.1, 0.15) is 0 Å². The second-order valence-corrected chi connectivity index (χ2v) is 5.51. The maximum atomic E-state index is 11.8. The van der Waals surface area contributed by atoms with Gasteiger partial charge >= 0.3 is 0 Å². The highest BCUT2D eigenvalue weighted by molar-refractivity contribution is 6.00. The summed E-state index contributed by atoms with van der Waals surface area (Å²) in [6.07, 6.45) is 2.39. The molecule has 1 aliphatic heterocycles. The first-order valence-electron chi connectivity index (χ1n) is 7.14. The van der Waals surface area contributed by atoms with Gasteiger partial charge in [0.05, 0.1) is 5.56 Å². The predicted octanol–water partition coefficient (Wildman–Crippen LogP) is 1.38. The van der Waals surface area contributed by atoms with Crippen LogP contribution in [0.3, 0.4) is 0 Å². The number of carbonyl (C=O) groups is 1. The maximum Gasteiger partial charge on any atom is 0.253 e. The summed E-state index contributed by atoms with van der Waals surface area (Å²) in [4.78, 5) is 14.2. The smallest absolute Gasteiger partial charge is 0.253 e. The van der Waals surface area contributed by atoms with Crippen molar-refractivity contribution in [3.05, 3.63) is 23.8 Å². The number of nitrogen functional groups attached to an aromatic ring is 1. The fourth-order valence-electron chi connectivity index (χ4n) is 2.56. The fraction of sp³-hybridized carbons (Fsp3) is 0.533. The van der Waals surface area contributed by atoms with E-state index < -0.39 is 0 Å². The van der Waals surface area contributed by atoms with Crippen LogP contribution in [0.2, 0.25) is 0 Å². The van der Waals surface area contributed by atoms with Crippen LogP contribution in [-0.4, -0.2) is 44.5 Å². The van der Waals surface area contributed by atoms with Crippen molar-refractivity contribution in [3.8, 4) is 0 Å². The van der Waals surface area contributed by atoms with E-state index in [0.29, 0.717) is 17.2 Å². The van der Waals surface area contributed by atoms with Crippen LogP contribution in [0.5, 0.6) is 0 Å². The maximum absolute atomic E-state index is 11.8. The van der Waals surface area contributed by atoms with E-state index in [1.165, 1.54) is 12.8 Å². The second kappa shape index (κ2) is 6.61. The first-order chi connectivity index (χ1) is 9.60. The summed E-state index contributed by atoms with van der Waals surface area (Å²) in [5.74, 6) is 0.570. The number of carbonyl (C=O) groups excluding carboxylic acids is 1. The van der Waals surface area contributed by atoms with Gasteiger partial charge in [0, 0.05) is 25.0 Å². The highest BCUT2D eigenvalue weighted by Gasteiger charge is 2.17. The zero-order valence-electron chi connectivity index (χ0n) is 12.3. The molecule has 1 fully saturated rings. The van der Waals surface area contributed by atoms with Gasteiger partial charge in [0.2, 0.25) is 0 Å². The van der Waals surface area contributed by atoms with Crippen molar-refractivity contribution in [2.45, 2.75) is 12.8 Å². The topological polar surface area (TPSA) is 70.4 Å². The minimum absolute atomic E-state index is 0.0872. The quantitative estimate of drug-likeness (QED) is 0.727. The number of piperidine rings is 1. The van der Waals surface area contributed by atoms with Crippen LogP contribution < -0.4 is 16.4 Å². The molecule has 4 N–H and O–H groups in total. The number of nitrogens with zero attached hydrogens (tertiary/aromatic N) is 1. The van der Waals surface area contributed by atoms with Crippen LogP contribution in [0.1, 0.15) is 23.2 Å². The Morgan fingerprint density at radius 2 is 2.10 bits per heavy atom. The summed E-state index contributed by atoms with van der Waals surface area (Å²) < 4.78 is 0. The molecular formula is C15H24N4O. The van der Waals surface area contributed by atoms with Gasteiger partial charge in [-0.05, 0) is 57.1 Å². The monoisotopic (exact) mass is 276 g/mol. The van der Waals surface area contributed by atoms with Crippen LogP contribution in [0, 0.1) is 5.92 Å². The zero-order valence-corrected chi connectivity index (χ0v) is 12.3. The summed E-state index contributed by atoms with van der Waals surface area (Å²) in [6.45, 7) is 3.18. The molecular weight excluding hydrogens is 252 g/mol. The van der Waals surface area contributed by atoms with E-state index >= 15 is 0 Å². The third-order valence-corrected chi connectivity index (χ3v) is 3.93. The molecule has 0 aliphatic carbocycles. The minimum atomic E-state index is -0.0872. The molecule has 110 valence electrons. The third-order valence-electron chi connectivity index (χ3n) is 3.93. The molecule has 20 heavy (non-hydrogen) atoms. The Morgan fingerprint density at radius 1 is 1.40 bits per heavy atom. The largest absolute Gasteiger partial charge is 0.399 e. The number of rotatable bonds is 4. The van der Waals surface area contributed by atoms with E-state index in [9.17, 15) is 4.79 Å². The molecule has 1 saturated heterocycles. The molecule has 0 aromatic heterocycles. The number of anilines is 2. The molecule has 1 aromatic carbocycles. The number of hydrogen-bond acceptors (Lipinski definition) is 4. The first-order valence-corrected chi connectivity index (χ1v) is 7.14. The molecule has 0 spiro atoms. The molecule has 1 amide bonds. The van der Waals surface area contributed by atoms with Crippen molar-refractivity contribution in [3.63, 3.8) is 0 Å². The average Bonchev–Trinajstić information content (AvgIpc) is 2.46. The van der Waals surface area contributed by atoms with Crippen LogP contribution in [0.15, 0.2) is 18.2 Å². The van der Waals surface area contributed by atoms with Gasteiger partial charge in [-0.2, -0.15) is 0 Å². The number of hydrogen-bond donors (Lipinski definition) is 3. The molecule has 5 nitrogen and oxygen atoms in total. The summed E-state index contributed by atoms with van der Waals surface area (Å²) in [5.41, 5.74) is 7.96. The lowest BCUT2D eigenvalue weighted by molar-refractivity contribution is 0.0964. The Bertz CT molecular complexity index is 467. The lowest BCUT2D eigenvalue weighted by Gasteiger charge is -2.29. The Morgan fingerprint density at radius 3 is 2.75 bits per heavy atom. The number of nitrogens with one attached hydrogen (secondary N) is 2. The molecule has 5 heteroatoms. The van der Waals surface area contributed by atoms with Gasteiger partial charge in [-0.3, -0.25) is 4.79 Å². The van der Waals surface area contributed by atoms with Crippen molar-refractivity contribution in [1.82, 2.24) is 10.2 Å². The van der Waals surface area contributed by atoms with Gasteiger partial charge < -0.3 is 21.3 Å². The van der Waals surface area contributed by atoms with Crippen molar-refractivity contribution in [1.29, 1.82) is 0 Å². The van der Waals surface area contributed by atoms with Crippen LogP contribution in [-0.2, 0) is 0 Å². The molecule has 0 bridgehead atoms. The van der Waals surface area contributed by atoms with Crippen molar-refractivity contribution < 1.29 is 4.79 Å². The van der Waals surface area contributed by atoms with E-state index in [4.69, 9.17) is 5.73 Å². The van der Waals surface area contributed by atoms with E-state index in [2.05, 4.69) is 22.6 Å². The van der Waals surface area contributed by atoms with E-state index in [0.717, 1.165) is 25.3 Å². The average molecular weight is 276 g/mol. The lowest BCUT2D eigenvalue weighted by atomic mass is 9.97. The Kier molecular flexibility index (Phi) is 4.84. The SMILES string of the molecule is CNC(=O)c1ccc(N)cc1NCC1CCN(C)CC1. The van der Waals surface area contributed by atoms with Crippen LogP contribution >= 0.6 is 0 Å². The molecule has 1 aliphatic rings. The Hall–Kier alpha value is -1.75. The van der Waals surface area contributed by atoms with Crippen LogP contribution in [0.4, 0.5) is 11.4 Å². The first kappa shape index (κ1) is 14.7. The van der Waals surface area contributed by atoms with Crippen molar-refractivity contribution in [2.75, 3.05) is 44.8 Å². The summed E-state index contributed by atoms with van der Waals surface area (Å²) in [7, 11) is 3.80. The zero-order chi connectivity index (χ0) is 14.5. The van der Waals surface area contributed by atoms with Crippen molar-refractivity contribution in [2.24, 2.45) is 5.92 Å². The molecule has 0 saturated carbocycles. The molecule has 1 heterocycles. The molecule has 0 unspecified atom stereocenters. The van der Waals surface area contributed by atoms with E-state index in [1.54, 1.807) is 19.2 Å². The summed E-state index contributed by atoms with van der Waals surface area (Å²) in [5, 5.41) is 6.05. The summed E-state index contributed by atoms with van der Waals surface area (Å²) in [6, 6.07) is 5.36. The van der Waals surface area contributed by atoms with Gasteiger partial charge in [-0.1, -0.05) is 0 Å². The predicted molar refractivity (Wildman–Crippen MR) is 83.0 cm³/mol. The fourth-order valence-corrected chi connectivity index (χ4v) is 2.56. The highest BCUT2D eigenvalue weighted by Crippen LogP contribution is 2.22. The Balaban J connectivity index is 2.01. The van der Waals surface area contributed by atoms with Gasteiger partial charge in [-0.25, -0.2) is 0 Å². The van der Waals surface area contributed by atoms with E-state index in [-0.39, 0.29) is 5.91 Å². The summed E-state index contributed by atoms with van der Waals surface area (Å²) >= 11 is 0. The number of amides is 1. The van der Waals surface area contributed by atoms with E-state index in [1.807, 2.05) is 6.07 Å². The minimum Gasteiger partial charge on any atom is -0.399 e. The normalized spacial score (nSPS) is 16.9. The van der Waals surface area contributed by atoms with Crippen molar-refractivity contribution >= 4 is 17.3 Å². The molecule has 2 rings (SSSR count). The molecule has 0 atom stereocenters. The van der Waals surface area contributed by atoms with Gasteiger partial charge in [0.25, 0.3) is 5.91 Å². The number of benzene rings is 1. The lowest BCUT2D eigenvalue weighted by Crippen LogP contribution is -2.33. The standard InChI is InChI=1S/C15H24N4O/c1-17-15(20)13-4-3-12(16)9-14(13)18-10-11-5-7-19(2)8-6-11/h3-4,9,11,18H,5-8,10,16H2,1-2H3,(H,17,20). The molecule has 1 aromatic rings. The number of likely N-dealkylation sites (tertiary alicyclic amines) is 1. The highest BCUT2D eigenvalue weighted by atomic mass is 16.1. The Labute approximate surface area is 120 Å². The molecule has 0 radical (unpaired) electrons. The van der Waals surface area contributed by atoms with Crippen LogP contribution in [0.25, 0.3) is 0 Å². The third kappa shape index (κ3) is 3.63.